The molecule has 0 saturated carbocycles. The molecule has 0 aromatic heterocycles. The smallest absolute Gasteiger partial charge is 0.230 e. The van der Waals surface area contributed by atoms with E-state index in [-0.39, 0.29) is 11.8 Å². The number of nitrogens with two attached hydrogens (primary N) is 1. The van der Waals surface area contributed by atoms with Gasteiger partial charge in [0, 0.05) is 29.2 Å². The molecule has 0 saturated heterocycles. The van der Waals surface area contributed by atoms with E-state index in [1.165, 1.54) is 11.8 Å². The largest absolute Gasteiger partial charge is 0.399 e. The molecule has 0 heterocycles. The van der Waals surface area contributed by atoms with E-state index in [0.717, 1.165) is 35.5 Å². The van der Waals surface area contributed by atoms with Crippen molar-refractivity contribution in [1.29, 1.82) is 0 Å². The predicted molar refractivity (Wildman–Crippen MR) is 108 cm³/mol. The van der Waals surface area contributed by atoms with Gasteiger partial charge in [0.25, 0.3) is 0 Å². The highest BCUT2D eigenvalue weighted by molar-refractivity contribution is 8.00. The van der Waals surface area contributed by atoms with Crippen LogP contribution in [0.5, 0.6) is 0 Å². The average Bonchev–Trinajstić information content (AvgIpc) is 2.65. The second-order valence-corrected chi connectivity index (χ2v) is 6.98. The van der Waals surface area contributed by atoms with Crippen molar-refractivity contribution in [3.63, 3.8) is 0 Å². The molecule has 138 valence electrons. The number of benzene rings is 2. The highest BCUT2D eigenvalue weighted by Crippen LogP contribution is 2.18. The summed E-state index contributed by atoms with van der Waals surface area (Å²) in [5.41, 5.74) is 7.17. The molecule has 0 spiro atoms. The summed E-state index contributed by atoms with van der Waals surface area (Å²) in [5.74, 6) is 0.442. The summed E-state index contributed by atoms with van der Waals surface area (Å²) < 4.78 is 0. The molecule has 0 aliphatic rings. The minimum atomic E-state index is 0.0219. The van der Waals surface area contributed by atoms with Crippen LogP contribution in [0.15, 0.2) is 59.5 Å². The number of hydrogen-bond acceptors (Lipinski definition) is 4. The number of para-hydroxylation sites is 1. The van der Waals surface area contributed by atoms with Crippen molar-refractivity contribution in [2.45, 2.75) is 30.6 Å². The summed E-state index contributed by atoms with van der Waals surface area (Å²) in [7, 11) is 0. The number of anilines is 2. The molecule has 26 heavy (non-hydrogen) atoms. The minimum Gasteiger partial charge on any atom is -0.399 e. The van der Waals surface area contributed by atoms with Crippen molar-refractivity contribution in [3.8, 4) is 0 Å². The molecule has 0 radical (unpaired) electrons. The summed E-state index contributed by atoms with van der Waals surface area (Å²) in [5, 5.41) is 5.77. The van der Waals surface area contributed by atoms with Gasteiger partial charge >= 0.3 is 0 Å². The van der Waals surface area contributed by atoms with E-state index in [2.05, 4.69) is 10.6 Å². The van der Waals surface area contributed by atoms with Crippen LogP contribution >= 0.6 is 11.8 Å². The normalized spacial score (nSPS) is 10.3. The van der Waals surface area contributed by atoms with Crippen molar-refractivity contribution in [2.24, 2.45) is 0 Å². The first-order chi connectivity index (χ1) is 12.6. The van der Waals surface area contributed by atoms with E-state index in [0.29, 0.717) is 18.7 Å². The second kappa shape index (κ2) is 11.2. The highest BCUT2D eigenvalue weighted by Gasteiger charge is 2.04. The Morgan fingerprint density at radius 1 is 0.885 bits per heavy atom. The lowest BCUT2D eigenvalue weighted by atomic mass is 10.2. The minimum absolute atomic E-state index is 0.0219. The summed E-state index contributed by atoms with van der Waals surface area (Å²) >= 11 is 1.49. The van der Waals surface area contributed by atoms with Crippen molar-refractivity contribution in [3.05, 3.63) is 54.6 Å². The van der Waals surface area contributed by atoms with Gasteiger partial charge in [-0.2, -0.15) is 0 Å². The van der Waals surface area contributed by atoms with Crippen LogP contribution in [0.3, 0.4) is 0 Å². The number of thioether (sulfide) groups is 1. The van der Waals surface area contributed by atoms with Crippen LogP contribution in [0.1, 0.15) is 25.7 Å². The molecule has 2 aromatic carbocycles. The maximum atomic E-state index is 11.8. The molecule has 0 aliphatic heterocycles. The number of rotatable bonds is 10. The van der Waals surface area contributed by atoms with E-state index in [4.69, 9.17) is 5.73 Å². The quantitative estimate of drug-likeness (QED) is 0.338. The van der Waals surface area contributed by atoms with Gasteiger partial charge in [0.15, 0.2) is 0 Å². The summed E-state index contributed by atoms with van der Waals surface area (Å²) in [6.45, 7) is 0.640. The molecule has 0 aliphatic carbocycles. The molecular weight excluding hydrogens is 346 g/mol. The highest BCUT2D eigenvalue weighted by atomic mass is 32.2. The van der Waals surface area contributed by atoms with Gasteiger partial charge in [-0.1, -0.05) is 24.6 Å². The molecule has 0 unspecified atom stereocenters. The lowest BCUT2D eigenvalue weighted by molar-refractivity contribution is -0.118. The van der Waals surface area contributed by atoms with E-state index in [1.807, 2.05) is 54.6 Å². The van der Waals surface area contributed by atoms with E-state index in [9.17, 15) is 9.59 Å². The standard InChI is InChI=1S/C20H25N3O2S/c21-16-10-12-18(13-11-16)26-15-20(25)22-14-6-2-5-9-19(24)23-17-7-3-1-4-8-17/h1,3-4,7-8,10-13H,2,5-6,9,14-15,21H2,(H,22,25)(H,23,24). The number of nitrogens with one attached hydrogen (secondary N) is 2. The number of nitrogen functional groups attached to an aromatic ring is 1. The molecule has 6 heteroatoms. The summed E-state index contributed by atoms with van der Waals surface area (Å²) in [6, 6.07) is 16.9. The van der Waals surface area contributed by atoms with Crippen molar-refractivity contribution in [1.82, 2.24) is 5.32 Å². The van der Waals surface area contributed by atoms with Gasteiger partial charge in [0.05, 0.1) is 5.75 Å². The fraction of sp³-hybridized carbons (Fsp3) is 0.300. The van der Waals surface area contributed by atoms with Gasteiger partial charge in [-0.05, 0) is 49.2 Å². The number of carbonyl (C=O) groups is 2. The Kier molecular flexibility index (Phi) is 8.55. The lowest BCUT2D eigenvalue weighted by Gasteiger charge is -2.06. The van der Waals surface area contributed by atoms with Crippen molar-refractivity contribution in [2.75, 3.05) is 23.3 Å². The van der Waals surface area contributed by atoms with Gasteiger partial charge in [-0.15, -0.1) is 11.8 Å². The van der Waals surface area contributed by atoms with Crippen LogP contribution in [-0.2, 0) is 9.59 Å². The first kappa shape index (κ1) is 19.8. The second-order valence-electron chi connectivity index (χ2n) is 5.93. The zero-order chi connectivity index (χ0) is 18.6. The molecule has 0 bridgehead atoms. The van der Waals surface area contributed by atoms with Crippen molar-refractivity contribution >= 4 is 35.0 Å². The lowest BCUT2D eigenvalue weighted by Crippen LogP contribution is -2.26. The van der Waals surface area contributed by atoms with E-state index < -0.39 is 0 Å². The van der Waals surface area contributed by atoms with Crippen LogP contribution in [0.25, 0.3) is 0 Å². The molecule has 0 atom stereocenters. The van der Waals surface area contributed by atoms with Gasteiger partial charge < -0.3 is 16.4 Å². The van der Waals surface area contributed by atoms with Crippen LogP contribution < -0.4 is 16.4 Å². The summed E-state index contributed by atoms with van der Waals surface area (Å²) in [6.07, 6.45) is 3.09. The van der Waals surface area contributed by atoms with Crippen LogP contribution in [0.4, 0.5) is 11.4 Å². The fourth-order valence-electron chi connectivity index (χ4n) is 2.32. The Bertz CT molecular complexity index is 690. The number of carbonyl (C=O) groups excluding carboxylic acids is 2. The van der Waals surface area contributed by atoms with Crippen LogP contribution in [-0.4, -0.2) is 24.1 Å². The molecule has 2 amide bonds. The third-order valence-corrected chi connectivity index (χ3v) is 4.72. The average molecular weight is 372 g/mol. The fourth-order valence-corrected chi connectivity index (χ4v) is 3.05. The van der Waals surface area contributed by atoms with Gasteiger partial charge in [-0.3, -0.25) is 9.59 Å². The number of unbranched alkanes of at least 4 members (excludes halogenated alkanes) is 2. The van der Waals surface area contributed by atoms with E-state index in [1.54, 1.807) is 0 Å². The SMILES string of the molecule is Nc1ccc(SCC(=O)NCCCCCC(=O)Nc2ccccc2)cc1. The third kappa shape index (κ3) is 8.07. The third-order valence-electron chi connectivity index (χ3n) is 3.71. The zero-order valence-corrected chi connectivity index (χ0v) is 15.6. The predicted octanol–water partition coefficient (Wildman–Crippen LogP) is 3.68. The Labute approximate surface area is 158 Å². The van der Waals surface area contributed by atoms with Gasteiger partial charge in [-0.25, -0.2) is 0 Å². The van der Waals surface area contributed by atoms with Gasteiger partial charge in [0.2, 0.25) is 11.8 Å². The molecule has 5 nitrogen and oxygen atoms in total. The maximum Gasteiger partial charge on any atom is 0.230 e. The Hall–Kier alpha value is -2.47. The maximum absolute atomic E-state index is 11.8. The Morgan fingerprint density at radius 2 is 1.62 bits per heavy atom. The summed E-state index contributed by atoms with van der Waals surface area (Å²) in [4.78, 5) is 24.6. The van der Waals surface area contributed by atoms with Crippen molar-refractivity contribution < 1.29 is 9.59 Å². The van der Waals surface area contributed by atoms with Gasteiger partial charge in [0.1, 0.15) is 0 Å². The first-order valence-corrected chi connectivity index (χ1v) is 9.72. The van der Waals surface area contributed by atoms with Crippen LogP contribution in [0, 0.1) is 0 Å². The number of hydrogen-bond donors (Lipinski definition) is 3. The van der Waals surface area contributed by atoms with E-state index >= 15 is 0 Å². The zero-order valence-electron chi connectivity index (χ0n) is 14.7. The first-order valence-electron chi connectivity index (χ1n) is 8.73. The van der Waals surface area contributed by atoms with Crippen LogP contribution in [0.2, 0.25) is 0 Å². The Balaban J connectivity index is 1.48. The molecule has 2 aromatic rings. The number of amides is 2. The monoisotopic (exact) mass is 371 g/mol. The molecule has 4 N–H and O–H groups in total. The molecular formula is C20H25N3O2S. The molecule has 2 rings (SSSR count). The topological polar surface area (TPSA) is 84.2 Å². The Morgan fingerprint density at radius 3 is 2.35 bits per heavy atom. The molecule has 0 fully saturated rings.